The van der Waals surface area contributed by atoms with Gasteiger partial charge in [0.2, 0.25) is 0 Å². The molecule has 1 aromatic rings. The van der Waals surface area contributed by atoms with E-state index in [4.69, 9.17) is 5.11 Å². The van der Waals surface area contributed by atoms with Gasteiger partial charge in [0, 0.05) is 5.56 Å². The van der Waals surface area contributed by atoms with Crippen molar-refractivity contribution in [2.24, 2.45) is 0 Å². The summed E-state index contributed by atoms with van der Waals surface area (Å²) >= 11 is 0. The van der Waals surface area contributed by atoms with Gasteiger partial charge >= 0.3 is 5.97 Å². The molecule has 0 aromatic heterocycles. The summed E-state index contributed by atoms with van der Waals surface area (Å²) in [5.74, 6) is 4.65. The Hall–Kier alpha value is -1.75. The highest BCUT2D eigenvalue weighted by molar-refractivity contribution is 5.87. The second-order valence-electron chi connectivity index (χ2n) is 2.26. The van der Waals surface area contributed by atoms with Crippen LogP contribution in [0.1, 0.15) is 22.8 Å². The molecular weight excluding hydrogens is 152 g/mol. The van der Waals surface area contributed by atoms with Gasteiger partial charge in [0.05, 0.1) is 5.56 Å². The normalized spacial score (nSPS) is 8.42. The quantitative estimate of drug-likeness (QED) is 0.635. The number of aromatic carboxylic acids is 1. The van der Waals surface area contributed by atoms with Crippen molar-refractivity contribution < 1.29 is 9.90 Å². The van der Waals surface area contributed by atoms with E-state index in [9.17, 15) is 4.79 Å². The highest BCUT2D eigenvalue weighted by Gasteiger charge is 1.99. The molecular formula is C10H8O2. The van der Waals surface area contributed by atoms with Crippen LogP contribution in [0.4, 0.5) is 0 Å². The van der Waals surface area contributed by atoms with Crippen LogP contribution in [0.15, 0.2) is 24.3 Å². The molecule has 0 bridgehead atoms. The minimum Gasteiger partial charge on any atom is -0.478 e. The van der Waals surface area contributed by atoms with Crippen LogP contribution in [0.5, 0.6) is 0 Å². The molecule has 0 aliphatic rings. The summed E-state index contributed by atoms with van der Waals surface area (Å²) in [4.78, 5) is 10.4. The molecule has 0 radical (unpaired) electrons. The van der Waals surface area contributed by atoms with Crippen LogP contribution in [-0.4, -0.2) is 11.1 Å². The molecule has 2 heteroatoms. The van der Waals surface area contributed by atoms with E-state index in [1.807, 2.05) is 0 Å². The van der Waals surface area contributed by atoms with E-state index in [0.717, 1.165) is 5.56 Å². The Labute approximate surface area is 70.8 Å². The van der Waals surface area contributed by atoms with Gasteiger partial charge in [-0.2, -0.15) is 0 Å². The maximum atomic E-state index is 10.4. The smallest absolute Gasteiger partial charge is 0.335 e. The van der Waals surface area contributed by atoms with Gasteiger partial charge in [0.25, 0.3) is 0 Å². The summed E-state index contributed by atoms with van der Waals surface area (Å²) in [6.07, 6.45) is 0. The second-order valence-corrected chi connectivity index (χ2v) is 2.26. The van der Waals surface area contributed by atoms with Gasteiger partial charge in [0.1, 0.15) is 0 Å². The van der Waals surface area contributed by atoms with E-state index in [1.54, 1.807) is 31.2 Å². The predicted molar refractivity (Wildman–Crippen MR) is 46.0 cm³/mol. The van der Waals surface area contributed by atoms with E-state index < -0.39 is 5.97 Å². The number of hydrogen-bond donors (Lipinski definition) is 1. The van der Waals surface area contributed by atoms with Crippen molar-refractivity contribution in [3.8, 4) is 11.8 Å². The Balaban J connectivity index is 2.98. The van der Waals surface area contributed by atoms with Crippen LogP contribution in [-0.2, 0) is 0 Å². The molecule has 0 fully saturated rings. The Kier molecular flexibility index (Phi) is 2.49. The Morgan fingerprint density at radius 1 is 1.33 bits per heavy atom. The molecule has 0 spiro atoms. The number of carboxylic acids is 1. The summed E-state index contributed by atoms with van der Waals surface area (Å²) in [6, 6.07) is 6.48. The molecule has 0 saturated carbocycles. The average Bonchev–Trinajstić information content (AvgIpc) is 2.06. The molecule has 0 saturated heterocycles. The first-order chi connectivity index (χ1) is 5.74. The largest absolute Gasteiger partial charge is 0.478 e. The topological polar surface area (TPSA) is 37.3 Å². The van der Waals surface area contributed by atoms with E-state index in [0.29, 0.717) is 0 Å². The lowest BCUT2D eigenvalue weighted by Gasteiger charge is -1.92. The molecule has 0 aliphatic heterocycles. The lowest BCUT2D eigenvalue weighted by Crippen LogP contribution is -1.94. The number of rotatable bonds is 1. The standard InChI is InChI=1S/C10H8O2/c1-2-3-8-4-6-9(7-5-8)10(11)12/h4-7H,1H3,(H,11,12). The SMILES string of the molecule is CC#Cc1ccc(C(=O)O)cc1. The number of hydrogen-bond acceptors (Lipinski definition) is 1. The maximum Gasteiger partial charge on any atom is 0.335 e. The monoisotopic (exact) mass is 160 g/mol. The zero-order valence-electron chi connectivity index (χ0n) is 6.66. The van der Waals surface area contributed by atoms with Crippen molar-refractivity contribution >= 4 is 5.97 Å². The molecule has 2 nitrogen and oxygen atoms in total. The fraction of sp³-hybridized carbons (Fsp3) is 0.100. The lowest BCUT2D eigenvalue weighted by molar-refractivity contribution is 0.0697. The summed E-state index contributed by atoms with van der Waals surface area (Å²) in [5, 5.41) is 8.57. The van der Waals surface area contributed by atoms with Crippen LogP contribution < -0.4 is 0 Å². The third kappa shape index (κ3) is 1.86. The zero-order chi connectivity index (χ0) is 8.97. The molecule has 0 heterocycles. The maximum absolute atomic E-state index is 10.4. The third-order valence-electron chi connectivity index (χ3n) is 1.40. The van der Waals surface area contributed by atoms with Crippen LogP contribution in [0.3, 0.4) is 0 Å². The highest BCUT2D eigenvalue weighted by atomic mass is 16.4. The first-order valence-corrected chi connectivity index (χ1v) is 3.50. The van der Waals surface area contributed by atoms with Crippen LogP contribution in [0, 0.1) is 11.8 Å². The molecule has 12 heavy (non-hydrogen) atoms. The summed E-state index contributed by atoms with van der Waals surface area (Å²) < 4.78 is 0. The lowest BCUT2D eigenvalue weighted by atomic mass is 10.1. The van der Waals surface area contributed by atoms with Crippen LogP contribution in [0.2, 0.25) is 0 Å². The van der Waals surface area contributed by atoms with Crippen molar-refractivity contribution in [3.63, 3.8) is 0 Å². The molecule has 1 aromatic carbocycles. The fourth-order valence-corrected chi connectivity index (χ4v) is 0.840. The van der Waals surface area contributed by atoms with E-state index in [1.165, 1.54) is 0 Å². The van der Waals surface area contributed by atoms with Crippen molar-refractivity contribution in [2.75, 3.05) is 0 Å². The predicted octanol–water partition coefficient (Wildman–Crippen LogP) is 1.76. The van der Waals surface area contributed by atoms with E-state index in [2.05, 4.69) is 11.8 Å². The fourth-order valence-electron chi connectivity index (χ4n) is 0.840. The first-order valence-electron chi connectivity index (χ1n) is 3.50. The van der Waals surface area contributed by atoms with Gasteiger partial charge in [-0.3, -0.25) is 0 Å². The average molecular weight is 160 g/mol. The Bertz CT molecular complexity index is 338. The van der Waals surface area contributed by atoms with Gasteiger partial charge in [-0.1, -0.05) is 5.92 Å². The molecule has 60 valence electrons. The molecule has 0 aliphatic carbocycles. The third-order valence-corrected chi connectivity index (χ3v) is 1.40. The minimum atomic E-state index is -0.911. The van der Waals surface area contributed by atoms with Crippen molar-refractivity contribution in [1.82, 2.24) is 0 Å². The molecule has 1 rings (SSSR count). The highest BCUT2D eigenvalue weighted by Crippen LogP contribution is 2.02. The van der Waals surface area contributed by atoms with Gasteiger partial charge in [-0.15, -0.1) is 5.92 Å². The molecule has 0 amide bonds. The minimum absolute atomic E-state index is 0.289. The molecule has 0 unspecified atom stereocenters. The number of carbonyl (C=O) groups is 1. The van der Waals surface area contributed by atoms with E-state index in [-0.39, 0.29) is 5.56 Å². The van der Waals surface area contributed by atoms with Gasteiger partial charge in [-0.25, -0.2) is 4.79 Å². The summed E-state index contributed by atoms with van der Waals surface area (Å²) in [6.45, 7) is 1.74. The van der Waals surface area contributed by atoms with Gasteiger partial charge < -0.3 is 5.11 Å². The van der Waals surface area contributed by atoms with Crippen LogP contribution >= 0.6 is 0 Å². The zero-order valence-corrected chi connectivity index (χ0v) is 6.66. The number of benzene rings is 1. The van der Waals surface area contributed by atoms with Crippen LogP contribution in [0.25, 0.3) is 0 Å². The molecule has 1 N–H and O–H groups in total. The van der Waals surface area contributed by atoms with Gasteiger partial charge in [-0.05, 0) is 31.2 Å². The van der Waals surface area contributed by atoms with Gasteiger partial charge in [0.15, 0.2) is 0 Å². The Morgan fingerprint density at radius 2 is 1.92 bits per heavy atom. The molecule has 0 atom stereocenters. The van der Waals surface area contributed by atoms with Crippen molar-refractivity contribution in [2.45, 2.75) is 6.92 Å². The number of carboxylic acid groups (broad SMARTS) is 1. The first kappa shape index (κ1) is 8.35. The van der Waals surface area contributed by atoms with E-state index >= 15 is 0 Å². The van der Waals surface area contributed by atoms with Crippen molar-refractivity contribution in [3.05, 3.63) is 35.4 Å². The Morgan fingerprint density at radius 3 is 2.33 bits per heavy atom. The summed E-state index contributed by atoms with van der Waals surface area (Å²) in [5.41, 5.74) is 1.12. The second kappa shape index (κ2) is 3.59. The van der Waals surface area contributed by atoms with Crippen molar-refractivity contribution in [1.29, 1.82) is 0 Å². The summed E-state index contributed by atoms with van der Waals surface area (Å²) in [7, 11) is 0.